The predicted molar refractivity (Wildman–Crippen MR) is 75.5 cm³/mol. The Morgan fingerprint density at radius 2 is 2.11 bits per heavy atom. The molecule has 3 nitrogen and oxygen atoms in total. The molecule has 0 amide bonds. The normalized spacial score (nSPS) is 13.5. The van der Waals surface area contributed by atoms with Gasteiger partial charge in [-0.05, 0) is 24.3 Å². The Morgan fingerprint density at radius 3 is 2.74 bits per heavy atom. The summed E-state index contributed by atoms with van der Waals surface area (Å²) in [5, 5.41) is 4.46. The maximum absolute atomic E-state index is 13.2. The van der Waals surface area contributed by atoms with E-state index in [2.05, 4.69) is 5.10 Å². The Balaban J connectivity index is 2.31. The number of hydrogen-bond donors (Lipinski definition) is 0. The molecule has 0 saturated carbocycles. The summed E-state index contributed by atoms with van der Waals surface area (Å²) in [6.07, 6.45) is 3.48. The highest BCUT2D eigenvalue weighted by Gasteiger charge is 2.25. The molecular formula is C14H17FN2OS. The Hall–Kier alpha value is -1.49. The molecule has 0 aliphatic rings. The molecule has 0 radical (unpaired) electrons. The molecule has 0 aliphatic heterocycles. The molecule has 5 heteroatoms. The van der Waals surface area contributed by atoms with Crippen LogP contribution in [0.3, 0.4) is 0 Å². The van der Waals surface area contributed by atoms with E-state index in [1.54, 1.807) is 29.3 Å². The van der Waals surface area contributed by atoms with Gasteiger partial charge in [-0.25, -0.2) is 9.07 Å². The molecule has 2 aromatic rings. The molecule has 0 bridgehead atoms. The van der Waals surface area contributed by atoms with Crippen molar-refractivity contribution in [3.05, 3.63) is 48.0 Å². The first-order valence-corrected chi connectivity index (χ1v) is 7.73. The number of aromatic nitrogens is 2. The van der Waals surface area contributed by atoms with Crippen molar-refractivity contribution in [3.8, 4) is 5.69 Å². The van der Waals surface area contributed by atoms with E-state index >= 15 is 0 Å². The van der Waals surface area contributed by atoms with Crippen molar-refractivity contribution >= 4 is 10.8 Å². The van der Waals surface area contributed by atoms with Crippen LogP contribution in [0.4, 0.5) is 4.39 Å². The molecule has 0 spiro atoms. The number of nitrogens with zero attached hydrogens (tertiary/aromatic N) is 2. The summed E-state index contributed by atoms with van der Waals surface area (Å²) in [7, 11) is -0.884. The van der Waals surface area contributed by atoms with E-state index in [4.69, 9.17) is 0 Å². The standard InChI is InChI=1S/C14H17FN2OS/c1-14(2,10-19(3)18)13-7-8-17(16-13)12-6-4-5-11(15)9-12/h4-9H,10H2,1-3H3. The van der Waals surface area contributed by atoms with Gasteiger partial charge >= 0.3 is 0 Å². The fourth-order valence-electron chi connectivity index (χ4n) is 2.03. The summed E-state index contributed by atoms with van der Waals surface area (Å²) >= 11 is 0. The summed E-state index contributed by atoms with van der Waals surface area (Å²) in [6.45, 7) is 4.01. The van der Waals surface area contributed by atoms with Crippen molar-refractivity contribution in [1.82, 2.24) is 9.78 Å². The molecular weight excluding hydrogens is 263 g/mol. The molecule has 1 aromatic carbocycles. The molecule has 2 rings (SSSR count). The lowest BCUT2D eigenvalue weighted by atomic mass is 9.92. The third kappa shape index (κ3) is 3.29. The minimum atomic E-state index is -0.884. The van der Waals surface area contributed by atoms with Crippen LogP contribution in [0.15, 0.2) is 36.5 Å². The third-order valence-corrected chi connectivity index (χ3v) is 4.05. The average Bonchev–Trinajstić information content (AvgIpc) is 2.77. The lowest BCUT2D eigenvalue weighted by molar-refractivity contribution is 0.560. The van der Waals surface area contributed by atoms with Crippen LogP contribution in [0.2, 0.25) is 0 Å². The van der Waals surface area contributed by atoms with Crippen LogP contribution in [0.1, 0.15) is 19.5 Å². The van der Waals surface area contributed by atoms with Gasteiger partial charge in [0.25, 0.3) is 0 Å². The molecule has 102 valence electrons. The Labute approximate surface area is 114 Å². The van der Waals surface area contributed by atoms with Gasteiger partial charge in [-0.2, -0.15) is 5.10 Å². The minimum Gasteiger partial charge on any atom is -0.260 e. The second-order valence-electron chi connectivity index (χ2n) is 5.23. The molecule has 0 N–H and O–H groups in total. The van der Waals surface area contributed by atoms with Crippen LogP contribution >= 0.6 is 0 Å². The largest absolute Gasteiger partial charge is 0.260 e. The van der Waals surface area contributed by atoms with Crippen molar-refractivity contribution in [3.63, 3.8) is 0 Å². The lowest BCUT2D eigenvalue weighted by Gasteiger charge is -2.20. The van der Waals surface area contributed by atoms with Gasteiger partial charge in [-0.1, -0.05) is 19.9 Å². The van der Waals surface area contributed by atoms with Crippen LogP contribution in [0.5, 0.6) is 0 Å². The smallest absolute Gasteiger partial charge is 0.125 e. The zero-order chi connectivity index (χ0) is 14.0. The van der Waals surface area contributed by atoms with Crippen molar-refractivity contribution in [1.29, 1.82) is 0 Å². The maximum atomic E-state index is 13.2. The predicted octanol–water partition coefficient (Wildman–Crippen LogP) is 2.67. The molecule has 1 heterocycles. The van der Waals surface area contributed by atoms with Gasteiger partial charge < -0.3 is 0 Å². The van der Waals surface area contributed by atoms with Crippen LogP contribution in [-0.4, -0.2) is 26.0 Å². The van der Waals surface area contributed by atoms with Gasteiger partial charge in [-0.15, -0.1) is 0 Å². The summed E-state index contributed by atoms with van der Waals surface area (Å²) in [5.41, 5.74) is 1.27. The van der Waals surface area contributed by atoms with Crippen LogP contribution in [-0.2, 0) is 16.2 Å². The summed E-state index contributed by atoms with van der Waals surface area (Å²) in [6, 6.07) is 8.17. The van der Waals surface area contributed by atoms with Crippen molar-refractivity contribution in [2.24, 2.45) is 0 Å². The number of hydrogen-bond acceptors (Lipinski definition) is 2. The molecule has 0 aliphatic carbocycles. The van der Waals surface area contributed by atoms with Gasteiger partial charge in [0.05, 0.1) is 11.4 Å². The highest BCUT2D eigenvalue weighted by atomic mass is 32.2. The van der Waals surface area contributed by atoms with E-state index in [1.807, 2.05) is 19.9 Å². The quantitative estimate of drug-likeness (QED) is 0.863. The summed E-state index contributed by atoms with van der Waals surface area (Å²) in [4.78, 5) is 0. The first-order valence-electron chi connectivity index (χ1n) is 6.00. The molecule has 1 atom stereocenters. The molecule has 1 aromatic heterocycles. The number of benzene rings is 1. The van der Waals surface area contributed by atoms with Crippen molar-refractivity contribution in [2.75, 3.05) is 12.0 Å². The topological polar surface area (TPSA) is 34.9 Å². The Kier molecular flexibility index (Phi) is 3.85. The highest BCUT2D eigenvalue weighted by molar-refractivity contribution is 7.84. The fourth-order valence-corrected chi connectivity index (χ4v) is 3.19. The maximum Gasteiger partial charge on any atom is 0.125 e. The second kappa shape index (κ2) is 5.25. The first kappa shape index (κ1) is 13.9. The van der Waals surface area contributed by atoms with E-state index in [-0.39, 0.29) is 11.2 Å². The van der Waals surface area contributed by atoms with E-state index in [1.165, 1.54) is 12.1 Å². The van der Waals surface area contributed by atoms with Gasteiger partial charge in [0.2, 0.25) is 0 Å². The van der Waals surface area contributed by atoms with Crippen molar-refractivity contribution in [2.45, 2.75) is 19.3 Å². The number of rotatable bonds is 4. The highest BCUT2D eigenvalue weighted by Crippen LogP contribution is 2.23. The second-order valence-corrected chi connectivity index (χ2v) is 6.66. The minimum absolute atomic E-state index is 0.266. The summed E-state index contributed by atoms with van der Waals surface area (Å²) < 4.78 is 26.2. The fraction of sp³-hybridized carbons (Fsp3) is 0.357. The van der Waals surface area contributed by atoms with Crippen LogP contribution < -0.4 is 0 Å². The summed E-state index contributed by atoms with van der Waals surface area (Å²) in [5.74, 6) is 0.260. The Bertz CT molecular complexity index is 607. The van der Waals surface area contributed by atoms with Crippen molar-refractivity contribution < 1.29 is 8.60 Å². The van der Waals surface area contributed by atoms with E-state index in [0.29, 0.717) is 11.4 Å². The van der Waals surface area contributed by atoms with E-state index in [9.17, 15) is 8.60 Å². The average molecular weight is 280 g/mol. The Morgan fingerprint density at radius 1 is 1.37 bits per heavy atom. The van der Waals surface area contributed by atoms with E-state index in [0.717, 1.165) is 5.69 Å². The molecule has 19 heavy (non-hydrogen) atoms. The zero-order valence-electron chi connectivity index (χ0n) is 11.3. The monoisotopic (exact) mass is 280 g/mol. The lowest BCUT2D eigenvalue weighted by Crippen LogP contribution is -2.25. The van der Waals surface area contributed by atoms with Crippen LogP contribution in [0.25, 0.3) is 5.69 Å². The van der Waals surface area contributed by atoms with Gasteiger partial charge in [0.1, 0.15) is 5.82 Å². The SMILES string of the molecule is CS(=O)CC(C)(C)c1ccn(-c2cccc(F)c2)n1. The van der Waals surface area contributed by atoms with E-state index < -0.39 is 10.8 Å². The third-order valence-electron chi connectivity index (χ3n) is 2.92. The molecule has 0 fully saturated rings. The number of halogens is 1. The molecule has 0 saturated heterocycles. The van der Waals surface area contributed by atoms with Gasteiger partial charge in [0.15, 0.2) is 0 Å². The van der Waals surface area contributed by atoms with Crippen LogP contribution in [0, 0.1) is 5.82 Å². The van der Waals surface area contributed by atoms with Gasteiger partial charge in [-0.3, -0.25) is 4.21 Å². The van der Waals surface area contributed by atoms with Gasteiger partial charge in [0, 0.05) is 34.4 Å². The first-order chi connectivity index (χ1) is 8.88. The zero-order valence-corrected chi connectivity index (χ0v) is 12.1. The molecule has 1 unspecified atom stereocenters.